The number of para-hydroxylation sites is 1. The van der Waals surface area contributed by atoms with E-state index in [0.717, 1.165) is 35.1 Å². The number of hydrogen-bond donors (Lipinski definition) is 2. The maximum absolute atomic E-state index is 14.2. The molecule has 0 radical (unpaired) electrons. The van der Waals surface area contributed by atoms with E-state index in [1.165, 1.54) is 9.21 Å². The number of piperidine rings is 1. The summed E-state index contributed by atoms with van der Waals surface area (Å²) >= 11 is 0. The Morgan fingerprint density at radius 3 is 2.07 bits per heavy atom. The van der Waals surface area contributed by atoms with Gasteiger partial charge in [0.2, 0.25) is 15.9 Å². The van der Waals surface area contributed by atoms with Crippen molar-refractivity contribution in [1.29, 1.82) is 0 Å². The van der Waals surface area contributed by atoms with Crippen LogP contribution < -0.4 is 5.32 Å². The Bertz CT molecular complexity index is 1770. The lowest BCUT2D eigenvalue weighted by atomic mass is 10.0. The van der Waals surface area contributed by atoms with E-state index >= 15 is 0 Å². The van der Waals surface area contributed by atoms with E-state index in [-0.39, 0.29) is 31.1 Å². The van der Waals surface area contributed by atoms with Crippen LogP contribution >= 0.6 is 0 Å². The number of urea groups is 1. The van der Waals surface area contributed by atoms with Gasteiger partial charge in [0.05, 0.1) is 23.2 Å². The molecular formula is C36H38N4O5S. The highest BCUT2D eigenvalue weighted by molar-refractivity contribution is 7.89. The van der Waals surface area contributed by atoms with Gasteiger partial charge in [-0.3, -0.25) is 4.79 Å². The van der Waals surface area contributed by atoms with Gasteiger partial charge in [0.1, 0.15) is 6.04 Å². The maximum atomic E-state index is 14.2. The lowest BCUT2D eigenvalue weighted by Crippen LogP contribution is -2.64. The number of carbonyl (C=O) groups excluding carboxylic acids is 2. The van der Waals surface area contributed by atoms with Crippen LogP contribution in [0, 0.1) is 0 Å². The first kappa shape index (κ1) is 31.5. The predicted octanol–water partition coefficient (Wildman–Crippen LogP) is 5.30. The van der Waals surface area contributed by atoms with E-state index < -0.39 is 34.0 Å². The third-order valence-corrected chi connectivity index (χ3v) is 10.8. The van der Waals surface area contributed by atoms with Crippen molar-refractivity contribution in [2.75, 3.05) is 38.1 Å². The lowest BCUT2D eigenvalue weighted by Gasteiger charge is -2.43. The molecular weight excluding hydrogens is 600 g/mol. The number of sulfonamides is 1. The number of nitrogens with one attached hydrogen (secondary N) is 1. The van der Waals surface area contributed by atoms with Gasteiger partial charge in [-0.2, -0.15) is 4.31 Å². The minimum absolute atomic E-state index is 0.0510. The van der Waals surface area contributed by atoms with Crippen molar-refractivity contribution >= 4 is 27.6 Å². The second-order valence-electron chi connectivity index (χ2n) is 11.7. The van der Waals surface area contributed by atoms with Crippen molar-refractivity contribution in [2.24, 2.45) is 0 Å². The van der Waals surface area contributed by atoms with Crippen LogP contribution in [0.15, 0.2) is 114 Å². The molecule has 238 valence electrons. The fourth-order valence-corrected chi connectivity index (χ4v) is 7.92. The van der Waals surface area contributed by atoms with Gasteiger partial charge in [0, 0.05) is 31.7 Å². The lowest BCUT2D eigenvalue weighted by molar-refractivity contribution is -0.141. The molecule has 0 spiro atoms. The molecule has 2 N–H and O–H groups in total. The number of anilines is 1. The third-order valence-electron chi connectivity index (χ3n) is 8.85. The van der Waals surface area contributed by atoms with E-state index in [1.54, 1.807) is 29.2 Å². The molecule has 2 heterocycles. The summed E-state index contributed by atoms with van der Waals surface area (Å²) in [4.78, 5) is 31.0. The third kappa shape index (κ3) is 6.55. The molecule has 0 aromatic heterocycles. The SMILES string of the molecule is O=C(Nc1ccccc1-c1ccccc1)N1CCN(S(=O)(=O)c2ccc(-c3ccccc3)cc2)C(C(=O)N2CCCCC2CO)C1. The molecule has 2 saturated heterocycles. The second kappa shape index (κ2) is 13.9. The van der Waals surface area contributed by atoms with Gasteiger partial charge in [-0.1, -0.05) is 91.0 Å². The molecule has 2 fully saturated rings. The zero-order chi connectivity index (χ0) is 32.1. The van der Waals surface area contributed by atoms with Gasteiger partial charge in [0.25, 0.3) is 0 Å². The summed E-state index contributed by atoms with van der Waals surface area (Å²) in [5.41, 5.74) is 4.26. The predicted molar refractivity (Wildman–Crippen MR) is 178 cm³/mol. The van der Waals surface area contributed by atoms with Gasteiger partial charge in [0.15, 0.2) is 0 Å². The molecule has 2 unspecified atom stereocenters. The first-order chi connectivity index (χ1) is 22.4. The Hall–Kier alpha value is -4.51. The topological polar surface area (TPSA) is 110 Å². The zero-order valence-electron chi connectivity index (χ0n) is 25.5. The number of nitrogens with zero attached hydrogens (tertiary/aromatic N) is 3. The number of hydrogen-bond acceptors (Lipinski definition) is 5. The van der Waals surface area contributed by atoms with Crippen LogP contribution in [0.2, 0.25) is 0 Å². The number of aliphatic hydroxyl groups is 1. The van der Waals surface area contributed by atoms with Gasteiger partial charge < -0.3 is 20.2 Å². The first-order valence-electron chi connectivity index (χ1n) is 15.7. The van der Waals surface area contributed by atoms with E-state index in [9.17, 15) is 23.1 Å². The Balaban J connectivity index is 1.27. The van der Waals surface area contributed by atoms with Gasteiger partial charge >= 0.3 is 6.03 Å². The van der Waals surface area contributed by atoms with E-state index in [2.05, 4.69) is 5.32 Å². The minimum Gasteiger partial charge on any atom is -0.394 e. The van der Waals surface area contributed by atoms with Crippen molar-refractivity contribution < 1.29 is 23.1 Å². The molecule has 2 aliphatic rings. The number of carbonyl (C=O) groups is 2. The fourth-order valence-electron chi connectivity index (χ4n) is 6.35. The van der Waals surface area contributed by atoms with Crippen LogP contribution in [0.1, 0.15) is 19.3 Å². The molecule has 0 saturated carbocycles. The molecule has 4 aromatic carbocycles. The number of amides is 3. The largest absolute Gasteiger partial charge is 0.394 e. The molecule has 0 bridgehead atoms. The van der Waals surface area contributed by atoms with Gasteiger partial charge in [-0.25, -0.2) is 13.2 Å². The van der Waals surface area contributed by atoms with Crippen molar-refractivity contribution in [3.8, 4) is 22.3 Å². The fraction of sp³-hybridized carbons (Fsp3) is 0.278. The van der Waals surface area contributed by atoms with Crippen LogP contribution in [-0.2, 0) is 14.8 Å². The van der Waals surface area contributed by atoms with Crippen molar-refractivity contribution in [3.63, 3.8) is 0 Å². The summed E-state index contributed by atoms with van der Waals surface area (Å²) in [5, 5.41) is 13.1. The van der Waals surface area contributed by atoms with E-state index in [0.29, 0.717) is 18.7 Å². The number of benzene rings is 4. The summed E-state index contributed by atoms with van der Waals surface area (Å²) in [6, 6.07) is 31.6. The zero-order valence-corrected chi connectivity index (χ0v) is 26.4. The summed E-state index contributed by atoms with van der Waals surface area (Å²) in [6.45, 7) is 0.163. The summed E-state index contributed by atoms with van der Waals surface area (Å²) in [7, 11) is -4.10. The summed E-state index contributed by atoms with van der Waals surface area (Å²) < 4.78 is 29.5. The van der Waals surface area contributed by atoms with Crippen LogP contribution in [0.5, 0.6) is 0 Å². The Morgan fingerprint density at radius 2 is 1.37 bits per heavy atom. The molecule has 2 atom stereocenters. The van der Waals surface area contributed by atoms with Crippen LogP contribution in [-0.4, -0.2) is 84.4 Å². The van der Waals surface area contributed by atoms with E-state index in [1.807, 2.05) is 84.9 Å². The van der Waals surface area contributed by atoms with Crippen LogP contribution in [0.25, 0.3) is 22.3 Å². The summed E-state index contributed by atoms with van der Waals surface area (Å²) in [6.07, 6.45) is 2.29. The van der Waals surface area contributed by atoms with Crippen LogP contribution in [0.4, 0.5) is 10.5 Å². The molecule has 0 aliphatic carbocycles. The smallest absolute Gasteiger partial charge is 0.321 e. The molecule has 46 heavy (non-hydrogen) atoms. The molecule has 6 rings (SSSR count). The standard InChI is InChI=1S/C36H38N4O5S/c41-26-30-15-9-10-22-39(30)35(42)34-25-38(36(43)37-33-17-8-7-16-32(33)29-13-5-2-6-14-29)23-24-40(34)46(44,45)31-20-18-28(19-21-31)27-11-3-1-4-12-27/h1-8,11-14,16-21,30,34,41H,9-10,15,22-26H2,(H,37,43). The molecule has 3 amide bonds. The Morgan fingerprint density at radius 1 is 0.739 bits per heavy atom. The number of likely N-dealkylation sites (tertiary alicyclic amines) is 1. The van der Waals surface area contributed by atoms with E-state index in [4.69, 9.17) is 0 Å². The monoisotopic (exact) mass is 638 g/mol. The molecule has 10 heteroatoms. The quantitative estimate of drug-likeness (QED) is 0.286. The highest BCUT2D eigenvalue weighted by Crippen LogP contribution is 2.30. The van der Waals surface area contributed by atoms with Crippen molar-refractivity contribution in [3.05, 3.63) is 109 Å². The van der Waals surface area contributed by atoms with Crippen molar-refractivity contribution in [2.45, 2.75) is 36.2 Å². The maximum Gasteiger partial charge on any atom is 0.321 e. The number of piperazine rings is 1. The summed E-state index contributed by atoms with van der Waals surface area (Å²) in [5.74, 6) is -0.398. The highest BCUT2D eigenvalue weighted by Gasteiger charge is 2.44. The van der Waals surface area contributed by atoms with Gasteiger partial charge in [-0.15, -0.1) is 0 Å². The average molecular weight is 639 g/mol. The van der Waals surface area contributed by atoms with Gasteiger partial charge in [-0.05, 0) is 54.2 Å². The number of rotatable bonds is 7. The number of aliphatic hydroxyl groups excluding tert-OH is 1. The minimum atomic E-state index is -4.10. The normalized spacial score (nSPS) is 19.1. The molecule has 9 nitrogen and oxygen atoms in total. The van der Waals surface area contributed by atoms with Crippen molar-refractivity contribution in [1.82, 2.24) is 14.1 Å². The molecule has 4 aromatic rings. The Kier molecular flexibility index (Phi) is 9.48. The van der Waals surface area contributed by atoms with Crippen LogP contribution in [0.3, 0.4) is 0 Å². The highest BCUT2D eigenvalue weighted by atomic mass is 32.2. The average Bonchev–Trinajstić information content (AvgIpc) is 3.12. The Labute approximate surface area is 270 Å². The molecule has 2 aliphatic heterocycles. The second-order valence-corrected chi connectivity index (χ2v) is 13.6. The first-order valence-corrected chi connectivity index (χ1v) is 17.1.